The summed E-state index contributed by atoms with van der Waals surface area (Å²) in [6.07, 6.45) is 0.437. The van der Waals surface area contributed by atoms with E-state index in [9.17, 15) is 9.59 Å². The topological polar surface area (TPSA) is 70.6 Å². The molecule has 1 atom stereocenters. The summed E-state index contributed by atoms with van der Waals surface area (Å²) in [5, 5.41) is 6.94. The van der Waals surface area contributed by atoms with Gasteiger partial charge in [0.05, 0.1) is 5.71 Å². The van der Waals surface area contributed by atoms with Crippen LogP contribution in [0.2, 0.25) is 0 Å². The average Bonchev–Trinajstić information content (AvgIpc) is 2.62. The lowest BCUT2D eigenvalue weighted by Gasteiger charge is -2.19. The Bertz CT molecular complexity index is 829. The van der Waals surface area contributed by atoms with E-state index in [2.05, 4.69) is 15.8 Å². The molecule has 1 unspecified atom stereocenters. The Kier molecular flexibility index (Phi) is 5.73. The third-order valence-corrected chi connectivity index (χ3v) is 5.02. The zero-order valence-electron chi connectivity index (χ0n) is 14.8. The van der Waals surface area contributed by atoms with Crippen molar-refractivity contribution in [2.75, 3.05) is 5.32 Å². The number of hydrazone groups is 1. The van der Waals surface area contributed by atoms with E-state index < -0.39 is 0 Å². The lowest BCUT2D eigenvalue weighted by molar-refractivity contribution is -0.121. The fraction of sp³-hybridized carbons (Fsp3) is 0.250. The molecule has 0 aromatic heterocycles. The molecule has 1 aliphatic rings. The monoisotopic (exact) mass is 367 g/mol. The Labute approximate surface area is 157 Å². The molecule has 26 heavy (non-hydrogen) atoms. The minimum atomic E-state index is -0.0889. The van der Waals surface area contributed by atoms with Crippen LogP contribution in [-0.4, -0.2) is 16.9 Å². The van der Waals surface area contributed by atoms with E-state index >= 15 is 0 Å². The number of rotatable bonds is 4. The van der Waals surface area contributed by atoms with E-state index in [0.717, 1.165) is 22.5 Å². The van der Waals surface area contributed by atoms with Crippen molar-refractivity contribution in [3.8, 4) is 0 Å². The summed E-state index contributed by atoms with van der Waals surface area (Å²) in [5.41, 5.74) is 7.39. The number of benzene rings is 2. The van der Waals surface area contributed by atoms with Crippen LogP contribution in [0.15, 0.2) is 53.6 Å². The Morgan fingerprint density at radius 3 is 2.54 bits per heavy atom. The van der Waals surface area contributed by atoms with Gasteiger partial charge < -0.3 is 5.32 Å². The van der Waals surface area contributed by atoms with E-state index in [-0.39, 0.29) is 17.1 Å². The van der Waals surface area contributed by atoms with Gasteiger partial charge in [0.2, 0.25) is 5.91 Å². The lowest BCUT2D eigenvalue weighted by atomic mass is 9.94. The van der Waals surface area contributed by atoms with Crippen molar-refractivity contribution < 1.29 is 9.59 Å². The van der Waals surface area contributed by atoms with Gasteiger partial charge in [-0.2, -0.15) is 5.10 Å². The van der Waals surface area contributed by atoms with Crippen molar-refractivity contribution in [3.63, 3.8) is 0 Å². The zero-order valence-corrected chi connectivity index (χ0v) is 15.6. The highest BCUT2D eigenvalue weighted by Gasteiger charge is 2.21. The van der Waals surface area contributed by atoms with Gasteiger partial charge in [0, 0.05) is 23.8 Å². The SMILES string of the molecule is Cc1ccc(CSC(=O)Nc2ccc(C3=NNC(=O)CC3C)cc2)cc1. The van der Waals surface area contributed by atoms with Crippen molar-refractivity contribution in [1.29, 1.82) is 0 Å². The summed E-state index contributed by atoms with van der Waals surface area (Å²) in [6.45, 7) is 4.02. The van der Waals surface area contributed by atoms with Gasteiger partial charge in [0.1, 0.15) is 0 Å². The molecular formula is C20H21N3O2S. The van der Waals surface area contributed by atoms with Gasteiger partial charge >= 0.3 is 0 Å². The van der Waals surface area contributed by atoms with E-state index in [0.29, 0.717) is 12.2 Å². The third-order valence-electron chi connectivity index (χ3n) is 4.18. The van der Waals surface area contributed by atoms with E-state index in [4.69, 9.17) is 0 Å². The molecule has 134 valence electrons. The summed E-state index contributed by atoms with van der Waals surface area (Å²) < 4.78 is 0. The summed E-state index contributed by atoms with van der Waals surface area (Å²) >= 11 is 1.24. The van der Waals surface area contributed by atoms with Gasteiger partial charge in [-0.15, -0.1) is 0 Å². The summed E-state index contributed by atoms with van der Waals surface area (Å²) in [4.78, 5) is 23.4. The highest BCUT2D eigenvalue weighted by molar-refractivity contribution is 8.13. The van der Waals surface area contributed by atoms with E-state index in [1.54, 1.807) is 0 Å². The normalized spacial score (nSPS) is 16.6. The number of amides is 2. The van der Waals surface area contributed by atoms with Crippen LogP contribution >= 0.6 is 11.8 Å². The first-order valence-corrected chi connectivity index (χ1v) is 9.46. The van der Waals surface area contributed by atoms with Crippen LogP contribution in [0.5, 0.6) is 0 Å². The second-order valence-electron chi connectivity index (χ2n) is 6.40. The summed E-state index contributed by atoms with van der Waals surface area (Å²) in [5.74, 6) is 0.656. The second-order valence-corrected chi connectivity index (χ2v) is 7.35. The first kappa shape index (κ1) is 18.2. The quantitative estimate of drug-likeness (QED) is 0.845. The van der Waals surface area contributed by atoms with Gasteiger partial charge in [-0.1, -0.05) is 60.6 Å². The highest BCUT2D eigenvalue weighted by atomic mass is 32.2. The zero-order chi connectivity index (χ0) is 18.5. The molecule has 6 heteroatoms. The molecule has 2 aromatic carbocycles. The number of hydrogen-bond acceptors (Lipinski definition) is 4. The maximum Gasteiger partial charge on any atom is 0.283 e. The molecular weight excluding hydrogens is 346 g/mol. The Hall–Kier alpha value is -2.60. The Morgan fingerprint density at radius 1 is 1.19 bits per heavy atom. The Morgan fingerprint density at radius 2 is 1.88 bits per heavy atom. The molecule has 0 fully saturated rings. The predicted octanol–water partition coefficient (Wildman–Crippen LogP) is 4.32. The van der Waals surface area contributed by atoms with Gasteiger partial charge in [-0.3, -0.25) is 9.59 Å². The maximum atomic E-state index is 12.1. The fourth-order valence-corrected chi connectivity index (χ4v) is 3.39. The molecule has 1 aliphatic heterocycles. The van der Waals surface area contributed by atoms with E-state index in [1.165, 1.54) is 17.3 Å². The number of carbonyl (C=O) groups excluding carboxylic acids is 2. The fourth-order valence-electron chi connectivity index (χ4n) is 2.71. The van der Waals surface area contributed by atoms with Gasteiger partial charge in [-0.05, 0) is 30.2 Å². The predicted molar refractivity (Wildman–Crippen MR) is 106 cm³/mol. The van der Waals surface area contributed by atoms with Crippen molar-refractivity contribution >= 4 is 34.3 Å². The first-order valence-electron chi connectivity index (χ1n) is 8.47. The molecule has 0 radical (unpaired) electrons. The standard InChI is InChI=1S/C20H21N3O2S/c1-13-3-5-15(6-4-13)12-26-20(25)21-17-9-7-16(8-10-17)19-14(2)11-18(24)22-23-19/h3-10,14H,11-12H2,1-2H3,(H,21,25)(H,22,24). The van der Waals surface area contributed by atoms with Crippen LogP contribution in [0, 0.1) is 12.8 Å². The molecule has 2 N–H and O–H groups in total. The molecule has 0 bridgehead atoms. The van der Waals surface area contributed by atoms with Gasteiger partial charge in [-0.25, -0.2) is 5.43 Å². The molecule has 0 spiro atoms. The number of hydrogen-bond donors (Lipinski definition) is 2. The van der Waals surface area contributed by atoms with Gasteiger partial charge in [0.15, 0.2) is 0 Å². The molecule has 3 rings (SSSR count). The lowest BCUT2D eigenvalue weighted by Crippen LogP contribution is -2.31. The molecule has 0 aliphatic carbocycles. The number of aryl methyl sites for hydroxylation is 1. The van der Waals surface area contributed by atoms with Crippen LogP contribution < -0.4 is 10.7 Å². The number of nitrogens with one attached hydrogen (secondary N) is 2. The van der Waals surface area contributed by atoms with Crippen LogP contribution in [0.1, 0.15) is 30.0 Å². The molecule has 0 saturated carbocycles. The highest BCUT2D eigenvalue weighted by Crippen LogP contribution is 2.20. The number of nitrogens with zero attached hydrogens (tertiary/aromatic N) is 1. The third kappa shape index (κ3) is 4.73. The largest absolute Gasteiger partial charge is 0.317 e. The van der Waals surface area contributed by atoms with Crippen molar-refractivity contribution in [2.45, 2.75) is 26.0 Å². The minimum absolute atomic E-state index is 0.0595. The second kappa shape index (κ2) is 8.19. The van der Waals surface area contributed by atoms with Crippen LogP contribution in [0.4, 0.5) is 10.5 Å². The number of thioether (sulfide) groups is 1. The van der Waals surface area contributed by atoms with Crippen LogP contribution in [-0.2, 0) is 10.5 Å². The Balaban J connectivity index is 1.56. The first-order chi connectivity index (χ1) is 12.5. The number of anilines is 1. The molecule has 2 aromatic rings. The van der Waals surface area contributed by atoms with Gasteiger partial charge in [0.25, 0.3) is 5.24 Å². The molecule has 2 amide bonds. The van der Waals surface area contributed by atoms with Crippen LogP contribution in [0.25, 0.3) is 0 Å². The molecule has 1 heterocycles. The van der Waals surface area contributed by atoms with Crippen molar-refractivity contribution in [1.82, 2.24) is 5.43 Å². The summed E-state index contributed by atoms with van der Waals surface area (Å²) in [7, 11) is 0. The molecule has 5 nitrogen and oxygen atoms in total. The number of carbonyl (C=O) groups is 2. The smallest absolute Gasteiger partial charge is 0.283 e. The summed E-state index contributed by atoms with van der Waals surface area (Å²) in [6, 6.07) is 15.7. The minimum Gasteiger partial charge on any atom is -0.317 e. The van der Waals surface area contributed by atoms with Crippen LogP contribution in [0.3, 0.4) is 0 Å². The van der Waals surface area contributed by atoms with Crippen molar-refractivity contribution in [2.24, 2.45) is 11.0 Å². The van der Waals surface area contributed by atoms with E-state index in [1.807, 2.05) is 62.4 Å². The van der Waals surface area contributed by atoms with Crippen molar-refractivity contribution in [3.05, 3.63) is 65.2 Å². The molecule has 0 saturated heterocycles. The maximum absolute atomic E-state index is 12.1. The average molecular weight is 367 g/mol.